The van der Waals surface area contributed by atoms with Gasteiger partial charge in [-0.15, -0.1) is 0 Å². The Morgan fingerprint density at radius 2 is 2.23 bits per heavy atom. The molecule has 13 heavy (non-hydrogen) atoms. The number of hydrogen-bond donors (Lipinski definition) is 0. The standard InChI is InChI=1S/C12H14O/c1-9-3-4-10-5-6-12(13-2)8-11(10)7-9/h3-6,8-9H,7H2,1-2H3. The van der Waals surface area contributed by atoms with Crippen molar-refractivity contribution in [3.05, 3.63) is 35.4 Å². The Morgan fingerprint density at radius 1 is 1.38 bits per heavy atom. The lowest BCUT2D eigenvalue weighted by Crippen LogP contribution is -2.03. The number of ether oxygens (including phenoxy) is 1. The second kappa shape index (κ2) is 3.25. The van der Waals surface area contributed by atoms with Crippen LogP contribution in [-0.4, -0.2) is 7.11 Å². The highest BCUT2D eigenvalue weighted by Crippen LogP contribution is 2.26. The molecule has 1 aromatic carbocycles. The molecule has 1 unspecified atom stereocenters. The van der Waals surface area contributed by atoms with Crippen molar-refractivity contribution in [3.63, 3.8) is 0 Å². The van der Waals surface area contributed by atoms with Crippen molar-refractivity contribution in [2.24, 2.45) is 5.92 Å². The van der Waals surface area contributed by atoms with E-state index in [2.05, 4.69) is 31.2 Å². The van der Waals surface area contributed by atoms with Crippen LogP contribution < -0.4 is 4.74 Å². The van der Waals surface area contributed by atoms with Crippen LogP contribution in [-0.2, 0) is 6.42 Å². The Morgan fingerprint density at radius 3 is 3.00 bits per heavy atom. The largest absolute Gasteiger partial charge is 0.497 e. The van der Waals surface area contributed by atoms with E-state index in [1.54, 1.807) is 7.11 Å². The van der Waals surface area contributed by atoms with Gasteiger partial charge in [-0.2, -0.15) is 0 Å². The van der Waals surface area contributed by atoms with Gasteiger partial charge in [-0.25, -0.2) is 0 Å². The summed E-state index contributed by atoms with van der Waals surface area (Å²) in [6.45, 7) is 2.24. The molecule has 0 saturated heterocycles. The molecule has 0 heterocycles. The first-order valence-electron chi connectivity index (χ1n) is 4.64. The van der Waals surface area contributed by atoms with E-state index in [1.807, 2.05) is 6.07 Å². The lowest BCUT2D eigenvalue weighted by molar-refractivity contribution is 0.414. The molecule has 0 fully saturated rings. The molecule has 0 bridgehead atoms. The van der Waals surface area contributed by atoms with Gasteiger partial charge in [0.2, 0.25) is 0 Å². The predicted octanol–water partition coefficient (Wildman–Crippen LogP) is 2.90. The molecule has 1 heteroatoms. The molecule has 0 radical (unpaired) electrons. The number of allylic oxidation sites excluding steroid dienone is 1. The van der Waals surface area contributed by atoms with E-state index in [1.165, 1.54) is 11.1 Å². The van der Waals surface area contributed by atoms with Crippen molar-refractivity contribution in [1.29, 1.82) is 0 Å². The van der Waals surface area contributed by atoms with E-state index in [9.17, 15) is 0 Å². The van der Waals surface area contributed by atoms with Gasteiger partial charge in [0.25, 0.3) is 0 Å². The first-order valence-corrected chi connectivity index (χ1v) is 4.64. The average molecular weight is 174 g/mol. The zero-order valence-electron chi connectivity index (χ0n) is 8.08. The van der Waals surface area contributed by atoms with Gasteiger partial charge in [-0.05, 0) is 35.6 Å². The SMILES string of the molecule is COc1ccc2c(c1)CC(C)C=C2. The van der Waals surface area contributed by atoms with Crippen molar-refractivity contribution in [3.8, 4) is 5.75 Å². The Hall–Kier alpha value is -1.24. The molecule has 0 amide bonds. The highest BCUT2D eigenvalue weighted by atomic mass is 16.5. The molecule has 68 valence electrons. The monoisotopic (exact) mass is 174 g/mol. The van der Waals surface area contributed by atoms with Gasteiger partial charge in [-0.1, -0.05) is 25.1 Å². The van der Waals surface area contributed by atoms with Crippen molar-refractivity contribution in [1.82, 2.24) is 0 Å². The topological polar surface area (TPSA) is 9.23 Å². The Kier molecular flexibility index (Phi) is 2.09. The molecule has 0 N–H and O–H groups in total. The minimum absolute atomic E-state index is 0.652. The number of benzene rings is 1. The summed E-state index contributed by atoms with van der Waals surface area (Å²) >= 11 is 0. The number of fused-ring (bicyclic) bond motifs is 1. The van der Waals surface area contributed by atoms with Crippen LogP contribution in [0.4, 0.5) is 0 Å². The average Bonchev–Trinajstić information content (AvgIpc) is 2.16. The summed E-state index contributed by atoms with van der Waals surface area (Å²) in [5, 5.41) is 0. The molecule has 1 aromatic rings. The van der Waals surface area contributed by atoms with E-state index in [0.717, 1.165) is 12.2 Å². The van der Waals surface area contributed by atoms with Gasteiger partial charge in [0, 0.05) is 0 Å². The third-order valence-electron chi connectivity index (χ3n) is 2.50. The maximum Gasteiger partial charge on any atom is 0.119 e. The normalized spacial score (nSPS) is 19.7. The summed E-state index contributed by atoms with van der Waals surface area (Å²) in [4.78, 5) is 0. The minimum Gasteiger partial charge on any atom is -0.497 e. The van der Waals surface area contributed by atoms with Gasteiger partial charge in [0.05, 0.1) is 7.11 Å². The summed E-state index contributed by atoms with van der Waals surface area (Å²) in [6.07, 6.45) is 5.58. The van der Waals surface area contributed by atoms with Crippen LogP contribution in [0.5, 0.6) is 5.75 Å². The summed E-state index contributed by atoms with van der Waals surface area (Å²) in [7, 11) is 1.71. The zero-order chi connectivity index (χ0) is 9.26. The molecule has 0 saturated carbocycles. The lowest BCUT2D eigenvalue weighted by Gasteiger charge is -2.16. The molecule has 0 aliphatic heterocycles. The summed E-state index contributed by atoms with van der Waals surface area (Å²) in [5.41, 5.74) is 2.73. The van der Waals surface area contributed by atoms with Gasteiger partial charge < -0.3 is 4.74 Å². The van der Waals surface area contributed by atoms with Crippen LogP contribution in [0.3, 0.4) is 0 Å². The van der Waals surface area contributed by atoms with Gasteiger partial charge in [-0.3, -0.25) is 0 Å². The van der Waals surface area contributed by atoms with Crippen molar-refractivity contribution in [2.45, 2.75) is 13.3 Å². The number of methoxy groups -OCH3 is 1. The molecule has 1 atom stereocenters. The summed E-state index contributed by atoms with van der Waals surface area (Å²) < 4.78 is 5.19. The van der Waals surface area contributed by atoms with E-state index in [0.29, 0.717) is 5.92 Å². The molecular formula is C12H14O. The Bertz CT molecular complexity index is 339. The maximum atomic E-state index is 5.19. The number of rotatable bonds is 1. The number of hydrogen-bond acceptors (Lipinski definition) is 1. The second-order valence-corrected chi connectivity index (χ2v) is 3.61. The third-order valence-corrected chi connectivity index (χ3v) is 2.50. The molecule has 1 aliphatic carbocycles. The molecular weight excluding hydrogens is 160 g/mol. The van der Waals surface area contributed by atoms with Crippen LogP contribution >= 0.6 is 0 Å². The highest BCUT2D eigenvalue weighted by molar-refractivity contribution is 5.58. The minimum atomic E-state index is 0.652. The smallest absolute Gasteiger partial charge is 0.119 e. The maximum absolute atomic E-state index is 5.19. The van der Waals surface area contributed by atoms with Gasteiger partial charge >= 0.3 is 0 Å². The summed E-state index contributed by atoms with van der Waals surface area (Å²) in [5.74, 6) is 1.61. The fourth-order valence-corrected chi connectivity index (χ4v) is 1.73. The molecule has 0 spiro atoms. The van der Waals surface area contributed by atoms with Crippen molar-refractivity contribution < 1.29 is 4.74 Å². The van der Waals surface area contributed by atoms with E-state index >= 15 is 0 Å². The summed E-state index contributed by atoms with van der Waals surface area (Å²) in [6, 6.07) is 6.27. The first-order chi connectivity index (χ1) is 6.29. The Labute approximate surface area is 79.0 Å². The van der Waals surface area contributed by atoms with Crippen LogP contribution in [0.15, 0.2) is 24.3 Å². The second-order valence-electron chi connectivity index (χ2n) is 3.61. The molecule has 0 aromatic heterocycles. The fraction of sp³-hybridized carbons (Fsp3) is 0.333. The van der Waals surface area contributed by atoms with Gasteiger partial charge in [0.15, 0.2) is 0 Å². The van der Waals surface area contributed by atoms with E-state index in [4.69, 9.17) is 4.74 Å². The van der Waals surface area contributed by atoms with E-state index in [-0.39, 0.29) is 0 Å². The van der Waals surface area contributed by atoms with E-state index < -0.39 is 0 Å². The van der Waals surface area contributed by atoms with Crippen molar-refractivity contribution >= 4 is 6.08 Å². The predicted molar refractivity (Wildman–Crippen MR) is 54.9 cm³/mol. The fourth-order valence-electron chi connectivity index (χ4n) is 1.73. The molecule has 1 aliphatic rings. The van der Waals surface area contributed by atoms with Crippen molar-refractivity contribution in [2.75, 3.05) is 7.11 Å². The molecule has 2 rings (SSSR count). The van der Waals surface area contributed by atoms with Crippen LogP contribution in [0.1, 0.15) is 18.1 Å². The highest BCUT2D eigenvalue weighted by Gasteiger charge is 2.09. The van der Waals surface area contributed by atoms with Crippen LogP contribution in [0, 0.1) is 5.92 Å². The zero-order valence-corrected chi connectivity index (χ0v) is 8.08. The quantitative estimate of drug-likeness (QED) is 0.636. The van der Waals surface area contributed by atoms with Gasteiger partial charge in [0.1, 0.15) is 5.75 Å². The Balaban J connectivity index is 2.40. The van der Waals surface area contributed by atoms with Crippen LogP contribution in [0.25, 0.3) is 6.08 Å². The van der Waals surface area contributed by atoms with Crippen LogP contribution in [0.2, 0.25) is 0 Å². The molecule has 1 nitrogen and oxygen atoms in total. The lowest BCUT2D eigenvalue weighted by atomic mass is 9.91. The third kappa shape index (κ3) is 1.59. The first kappa shape index (κ1) is 8.36.